The fourth-order valence-corrected chi connectivity index (χ4v) is 5.07. The summed E-state index contributed by atoms with van der Waals surface area (Å²) in [6, 6.07) is -0.188. The number of hydrogen-bond acceptors (Lipinski definition) is 4. The molecule has 3 aliphatic rings. The zero-order chi connectivity index (χ0) is 17.2. The van der Waals surface area contributed by atoms with Crippen LogP contribution >= 0.6 is 0 Å². The third kappa shape index (κ3) is 4.00. The molecule has 0 aromatic rings. The molecule has 6 nitrogen and oxygen atoms in total. The second kappa shape index (κ2) is 7.14. The molecule has 1 aliphatic carbocycles. The predicted octanol–water partition coefficient (Wildman–Crippen LogP) is 1.43. The van der Waals surface area contributed by atoms with E-state index in [4.69, 9.17) is 4.74 Å². The van der Waals surface area contributed by atoms with Gasteiger partial charge in [0.15, 0.2) is 0 Å². The van der Waals surface area contributed by atoms with E-state index in [2.05, 4.69) is 10.8 Å². The average molecular weight is 356 g/mol. The Morgan fingerprint density at radius 1 is 1.29 bits per heavy atom. The molecule has 0 aromatic carbocycles. The number of hydrogen-bond donors (Lipinski definition) is 1. The molecular weight excluding hydrogens is 328 g/mol. The van der Waals surface area contributed by atoms with Crippen molar-refractivity contribution in [2.24, 2.45) is 5.41 Å². The van der Waals surface area contributed by atoms with Crippen LogP contribution in [0.25, 0.3) is 0 Å². The fraction of sp³-hybridized carbons (Fsp3) is 0.824. The van der Waals surface area contributed by atoms with Crippen molar-refractivity contribution in [3.8, 4) is 0 Å². The lowest BCUT2D eigenvalue weighted by Gasteiger charge is -2.49. The van der Waals surface area contributed by atoms with E-state index in [0.29, 0.717) is 26.3 Å². The molecule has 2 heterocycles. The highest BCUT2D eigenvalue weighted by molar-refractivity contribution is 7.88. The van der Waals surface area contributed by atoms with Crippen LogP contribution in [0.2, 0.25) is 0 Å². The van der Waals surface area contributed by atoms with Gasteiger partial charge < -0.3 is 9.64 Å². The maximum atomic E-state index is 12.7. The Bertz CT molecular complexity index is 606. The zero-order valence-electron chi connectivity index (χ0n) is 14.4. The minimum Gasteiger partial charge on any atom is -0.380 e. The maximum Gasteiger partial charge on any atom is 0.249 e. The Morgan fingerprint density at radius 3 is 2.67 bits per heavy atom. The summed E-state index contributed by atoms with van der Waals surface area (Å²) >= 11 is 0. The number of carbonyl (C=O) groups excluding carboxylic acids is 1. The third-order valence-corrected chi connectivity index (χ3v) is 6.45. The Labute approximate surface area is 144 Å². The van der Waals surface area contributed by atoms with Gasteiger partial charge in [0, 0.05) is 25.3 Å². The van der Waals surface area contributed by atoms with E-state index in [1.54, 1.807) is 0 Å². The summed E-state index contributed by atoms with van der Waals surface area (Å²) in [5.41, 5.74) is 0.883. The van der Waals surface area contributed by atoms with Crippen LogP contribution in [-0.4, -0.2) is 57.8 Å². The molecule has 136 valence electrons. The first-order chi connectivity index (χ1) is 11.4. The normalized spacial score (nSPS) is 27.8. The van der Waals surface area contributed by atoms with Crippen molar-refractivity contribution in [2.45, 2.75) is 51.0 Å². The molecule has 0 radical (unpaired) electrons. The van der Waals surface area contributed by atoms with Gasteiger partial charge >= 0.3 is 0 Å². The molecule has 0 unspecified atom stereocenters. The number of nitrogens with one attached hydrogen (secondary N) is 1. The van der Waals surface area contributed by atoms with E-state index < -0.39 is 10.0 Å². The van der Waals surface area contributed by atoms with Crippen molar-refractivity contribution < 1.29 is 17.9 Å². The van der Waals surface area contributed by atoms with Gasteiger partial charge in [0.2, 0.25) is 15.9 Å². The SMILES string of the molecule is CS(=O)(=O)N[C@@H]1COCCC12CCN(C(=O)C1=CCCCC1)CC2. The average Bonchev–Trinajstić information content (AvgIpc) is 2.57. The standard InChI is InChI=1S/C17H28N2O4S/c1-24(21,22)18-15-13-23-12-9-17(15)7-10-19(11-8-17)16(20)14-5-3-2-4-6-14/h5,15,18H,2-4,6-13H2,1H3/t15-/m1/s1. The van der Waals surface area contributed by atoms with E-state index in [1.165, 1.54) is 12.7 Å². The lowest BCUT2D eigenvalue weighted by atomic mass is 9.69. The van der Waals surface area contributed by atoms with Crippen LogP contribution in [0.1, 0.15) is 44.9 Å². The molecule has 7 heteroatoms. The first-order valence-electron chi connectivity index (χ1n) is 8.93. The van der Waals surface area contributed by atoms with E-state index in [1.807, 2.05) is 4.90 Å². The highest BCUT2D eigenvalue weighted by Gasteiger charge is 2.45. The molecule has 1 atom stereocenters. The third-order valence-electron chi connectivity index (χ3n) is 5.74. The lowest BCUT2D eigenvalue weighted by molar-refractivity contribution is -0.131. The van der Waals surface area contributed by atoms with Gasteiger partial charge in [0.25, 0.3) is 0 Å². The Morgan fingerprint density at radius 2 is 2.04 bits per heavy atom. The topological polar surface area (TPSA) is 75.7 Å². The molecular formula is C17H28N2O4S. The second-order valence-corrected chi connectivity index (χ2v) is 9.18. The van der Waals surface area contributed by atoms with E-state index in [9.17, 15) is 13.2 Å². The fourth-order valence-electron chi connectivity index (χ4n) is 4.23. The van der Waals surface area contributed by atoms with Crippen LogP contribution < -0.4 is 4.72 Å². The summed E-state index contributed by atoms with van der Waals surface area (Å²) in [7, 11) is -3.27. The molecule has 0 aromatic heterocycles. The molecule has 1 spiro atoms. The Balaban J connectivity index is 1.65. The first-order valence-corrected chi connectivity index (χ1v) is 10.8. The molecule has 24 heavy (non-hydrogen) atoms. The van der Waals surface area contributed by atoms with Crippen LogP contribution in [0.5, 0.6) is 0 Å². The lowest BCUT2D eigenvalue weighted by Crippen LogP contribution is -2.58. The van der Waals surface area contributed by atoms with E-state index in [0.717, 1.165) is 44.1 Å². The van der Waals surface area contributed by atoms with Crippen LogP contribution in [0.4, 0.5) is 0 Å². The number of rotatable bonds is 3. The summed E-state index contributed by atoms with van der Waals surface area (Å²) in [6.07, 6.45) is 10.0. The minimum atomic E-state index is -3.27. The van der Waals surface area contributed by atoms with Gasteiger partial charge in [-0.2, -0.15) is 0 Å². The zero-order valence-corrected chi connectivity index (χ0v) is 15.2. The number of sulfonamides is 1. The molecule has 0 saturated carbocycles. The molecule has 2 fully saturated rings. The van der Waals surface area contributed by atoms with Crippen LogP contribution in [0, 0.1) is 5.41 Å². The predicted molar refractivity (Wildman–Crippen MR) is 92.0 cm³/mol. The Kier molecular flexibility index (Phi) is 5.32. The summed E-state index contributed by atoms with van der Waals surface area (Å²) in [4.78, 5) is 14.6. The summed E-state index contributed by atoms with van der Waals surface area (Å²) < 4.78 is 31.6. The number of allylic oxidation sites excluding steroid dienone is 1. The first kappa shape index (κ1) is 17.9. The van der Waals surface area contributed by atoms with Crippen molar-refractivity contribution in [3.05, 3.63) is 11.6 Å². The minimum absolute atomic E-state index is 0.0843. The number of ether oxygens (including phenoxy) is 1. The monoisotopic (exact) mass is 356 g/mol. The molecule has 1 N–H and O–H groups in total. The van der Waals surface area contributed by atoms with Gasteiger partial charge in [-0.3, -0.25) is 4.79 Å². The second-order valence-electron chi connectivity index (χ2n) is 7.40. The van der Waals surface area contributed by atoms with Gasteiger partial charge in [-0.05, 0) is 50.4 Å². The van der Waals surface area contributed by atoms with Crippen molar-refractivity contribution in [2.75, 3.05) is 32.6 Å². The van der Waals surface area contributed by atoms with Gasteiger partial charge in [-0.1, -0.05) is 6.08 Å². The van der Waals surface area contributed by atoms with Gasteiger partial charge in [-0.25, -0.2) is 13.1 Å². The maximum absolute atomic E-state index is 12.7. The number of carbonyl (C=O) groups is 1. The summed E-state index contributed by atoms with van der Waals surface area (Å²) in [6.45, 7) is 2.50. The van der Waals surface area contributed by atoms with Crippen molar-refractivity contribution >= 4 is 15.9 Å². The smallest absolute Gasteiger partial charge is 0.249 e. The van der Waals surface area contributed by atoms with Crippen molar-refractivity contribution in [1.29, 1.82) is 0 Å². The molecule has 2 saturated heterocycles. The quantitative estimate of drug-likeness (QED) is 0.830. The van der Waals surface area contributed by atoms with E-state index >= 15 is 0 Å². The number of nitrogens with zero attached hydrogens (tertiary/aromatic N) is 1. The van der Waals surface area contributed by atoms with Crippen LogP contribution in [0.3, 0.4) is 0 Å². The number of piperidine rings is 1. The molecule has 1 amide bonds. The molecule has 3 rings (SSSR count). The summed E-state index contributed by atoms with van der Waals surface area (Å²) in [5, 5.41) is 0. The Hall–Kier alpha value is -0.920. The van der Waals surface area contributed by atoms with Crippen LogP contribution in [0.15, 0.2) is 11.6 Å². The highest BCUT2D eigenvalue weighted by atomic mass is 32.2. The largest absolute Gasteiger partial charge is 0.380 e. The van der Waals surface area contributed by atoms with E-state index in [-0.39, 0.29) is 17.4 Å². The summed E-state index contributed by atoms with van der Waals surface area (Å²) in [5.74, 6) is 0.184. The number of amides is 1. The van der Waals surface area contributed by atoms with Gasteiger partial charge in [-0.15, -0.1) is 0 Å². The van der Waals surface area contributed by atoms with Gasteiger partial charge in [0.1, 0.15) is 0 Å². The van der Waals surface area contributed by atoms with Crippen molar-refractivity contribution in [1.82, 2.24) is 9.62 Å². The van der Waals surface area contributed by atoms with Crippen molar-refractivity contribution in [3.63, 3.8) is 0 Å². The van der Waals surface area contributed by atoms with Gasteiger partial charge in [0.05, 0.1) is 18.9 Å². The van der Waals surface area contributed by atoms with Crippen LogP contribution in [-0.2, 0) is 19.6 Å². The number of likely N-dealkylation sites (tertiary alicyclic amines) is 1. The molecule has 0 bridgehead atoms. The highest BCUT2D eigenvalue weighted by Crippen LogP contribution is 2.41. The molecule has 2 aliphatic heterocycles.